The van der Waals surface area contributed by atoms with Crippen LogP contribution in [0.25, 0.3) is 10.9 Å². The van der Waals surface area contributed by atoms with Crippen LogP contribution >= 0.6 is 0 Å². The molecule has 1 fully saturated rings. The molecule has 0 aliphatic carbocycles. The quantitative estimate of drug-likeness (QED) is 0.477. The van der Waals surface area contributed by atoms with Gasteiger partial charge in [-0.1, -0.05) is 12.1 Å². The van der Waals surface area contributed by atoms with E-state index in [2.05, 4.69) is 9.47 Å². The number of benzene rings is 2. The van der Waals surface area contributed by atoms with Crippen LogP contribution in [0.3, 0.4) is 0 Å². The molecule has 7 heteroatoms. The van der Waals surface area contributed by atoms with E-state index in [4.69, 9.17) is 5.21 Å². The molecule has 0 radical (unpaired) electrons. The zero-order valence-electron chi connectivity index (χ0n) is 16.9. The van der Waals surface area contributed by atoms with Crippen molar-refractivity contribution in [3.05, 3.63) is 70.7 Å². The maximum absolute atomic E-state index is 14.0. The molecule has 0 saturated carbocycles. The van der Waals surface area contributed by atoms with Crippen LogP contribution in [0.2, 0.25) is 0 Å². The lowest BCUT2D eigenvalue weighted by Gasteiger charge is -2.17. The Morgan fingerprint density at radius 2 is 1.97 bits per heavy atom. The van der Waals surface area contributed by atoms with Gasteiger partial charge in [0.25, 0.3) is 5.91 Å². The summed E-state index contributed by atoms with van der Waals surface area (Å²) in [4.78, 5) is 13.6. The van der Waals surface area contributed by atoms with E-state index in [-0.39, 0.29) is 5.82 Å². The third kappa shape index (κ3) is 4.08. The molecule has 3 aromatic rings. The van der Waals surface area contributed by atoms with Gasteiger partial charge in [0.2, 0.25) is 0 Å². The monoisotopic (exact) mass is 413 g/mol. The zero-order valence-corrected chi connectivity index (χ0v) is 16.9. The van der Waals surface area contributed by atoms with Gasteiger partial charge >= 0.3 is 0 Å². The first-order chi connectivity index (χ1) is 14.5. The van der Waals surface area contributed by atoms with E-state index < -0.39 is 12.1 Å². The average Bonchev–Trinajstić information content (AvgIpc) is 3.27. The lowest BCUT2D eigenvalue weighted by molar-refractivity contribution is 0.0706. The molecule has 158 valence electrons. The van der Waals surface area contributed by atoms with Crippen LogP contribution in [0.5, 0.6) is 0 Å². The average molecular weight is 413 g/mol. The van der Waals surface area contributed by atoms with Crippen LogP contribution in [0, 0.1) is 12.7 Å². The van der Waals surface area contributed by atoms with Gasteiger partial charge in [-0.25, -0.2) is 14.3 Å². The third-order valence-corrected chi connectivity index (χ3v) is 5.97. The summed E-state index contributed by atoms with van der Waals surface area (Å²) in [5, 5.41) is 9.63. The van der Waals surface area contributed by atoms with Crippen molar-refractivity contribution >= 4 is 16.8 Å². The number of carbonyl (C=O) groups excluding carboxylic acids is 1. The summed E-state index contributed by atoms with van der Waals surface area (Å²) in [6.07, 6.45) is 0.440. The van der Waals surface area contributed by atoms with Gasteiger partial charge in [0.1, 0.15) is 12.0 Å². The highest BCUT2D eigenvalue weighted by Crippen LogP contribution is 2.29. The number of halogens is 2. The summed E-state index contributed by atoms with van der Waals surface area (Å²) in [7, 11) is 0. The van der Waals surface area contributed by atoms with Crippen LogP contribution in [0.15, 0.2) is 42.5 Å². The van der Waals surface area contributed by atoms with Gasteiger partial charge in [0.15, 0.2) is 0 Å². The van der Waals surface area contributed by atoms with Gasteiger partial charge in [-0.3, -0.25) is 14.9 Å². The van der Waals surface area contributed by atoms with E-state index in [0.717, 1.165) is 47.4 Å². The SMILES string of the molecule is Cc1c(Cc2ccc(C(=O)NO)cc2)c2cc(F)ccc2n1CCN1CCC(F)C1. The smallest absolute Gasteiger partial charge is 0.274 e. The number of nitrogens with zero attached hydrogens (tertiary/aromatic N) is 2. The molecule has 0 bridgehead atoms. The van der Waals surface area contributed by atoms with Crippen molar-refractivity contribution in [2.24, 2.45) is 0 Å². The molecule has 1 aliphatic rings. The molecule has 1 saturated heterocycles. The second kappa shape index (κ2) is 8.53. The molecule has 1 unspecified atom stereocenters. The maximum Gasteiger partial charge on any atom is 0.274 e. The van der Waals surface area contributed by atoms with Gasteiger partial charge in [-0.2, -0.15) is 0 Å². The predicted molar refractivity (Wildman–Crippen MR) is 111 cm³/mol. The van der Waals surface area contributed by atoms with Crippen LogP contribution in [-0.2, 0) is 13.0 Å². The van der Waals surface area contributed by atoms with Crippen LogP contribution in [0.4, 0.5) is 8.78 Å². The predicted octanol–water partition coefficient (Wildman–Crippen LogP) is 3.84. The highest BCUT2D eigenvalue weighted by Gasteiger charge is 2.22. The number of alkyl halides is 1. The number of rotatable bonds is 6. The number of likely N-dealkylation sites (tertiary alicyclic amines) is 1. The summed E-state index contributed by atoms with van der Waals surface area (Å²) < 4.78 is 29.7. The molecule has 30 heavy (non-hydrogen) atoms. The topological polar surface area (TPSA) is 57.5 Å². The summed E-state index contributed by atoms with van der Waals surface area (Å²) >= 11 is 0. The molecule has 2 heterocycles. The van der Waals surface area contributed by atoms with Crippen LogP contribution in [-0.4, -0.2) is 46.4 Å². The zero-order chi connectivity index (χ0) is 21.3. The Bertz CT molecular complexity index is 1060. The van der Waals surface area contributed by atoms with Crippen LogP contribution in [0.1, 0.15) is 33.6 Å². The standard InChI is InChI=1S/C23H25F2N3O2/c1-15-20(12-16-2-4-17(5-3-16)23(29)26-30)21-13-18(24)6-7-22(21)28(15)11-10-27-9-8-19(25)14-27/h2-7,13,19,30H,8-12,14H2,1H3,(H,26,29). The number of hydrogen-bond donors (Lipinski definition) is 2. The van der Waals surface area contributed by atoms with Crippen molar-refractivity contribution < 1.29 is 18.8 Å². The van der Waals surface area contributed by atoms with E-state index in [1.807, 2.05) is 19.1 Å². The van der Waals surface area contributed by atoms with Crippen molar-refractivity contribution in [1.29, 1.82) is 0 Å². The van der Waals surface area contributed by atoms with Crippen molar-refractivity contribution in [2.45, 2.75) is 32.5 Å². The van der Waals surface area contributed by atoms with Gasteiger partial charge in [-0.15, -0.1) is 0 Å². The molecule has 1 atom stereocenters. The van der Waals surface area contributed by atoms with E-state index in [1.54, 1.807) is 29.7 Å². The molecule has 1 amide bonds. The fraction of sp³-hybridized carbons (Fsp3) is 0.348. The number of hydroxylamine groups is 1. The molecule has 1 aliphatic heterocycles. The fourth-order valence-corrected chi connectivity index (χ4v) is 4.31. The first-order valence-corrected chi connectivity index (χ1v) is 10.1. The summed E-state index contributed by atoms with van der Waals surface area (Å²) in [5.74, 6) is -0.843. The second-order valence-corrected chi connectivity index (χ2v) is 7.88. The van der Waals surface area contributed by atoms with Crippen molar-refractivity contribution in [1.82, 2.24) is 14.9 Å². The molecule has 2 N–H and O–H groups in total. The Morgan fingerprint density at radius 3 is 2.63 bits per heavy atom. The Morgan fingerprint density at radius 1 is 1.20 bits per heavy atom. The minimum Gasteiger partial charge on any atom is -0.343 e. The highest BCUT2D eigenvalue weighted by atomic mass is 19.1. The number of hydrogen-bond acceptors (Lipinski definition) is 3. The molecule has 5 nitrogen and oxygen atoms in total. The summed E-state index contributed by atoms with van der Waals surface area (Å²) in [5.41, 5.74) is 6.03. The molecule has 4 rings (SSSR count). The largest absolute Gasteiger partial charge is 0.343 e. The minimum absolute atomic E-state index is 0.282. The molecule has 0 spiro atoms. The lowest BCUT2D eigenvalue weighted by Crippen LogP contribution is -2.25. The van der Waals surface area contributed by atoms with Crippen molar-refractivity contribution in [3.8, 4) is 0 Å². The molecular formula is C23H25F2N3O2. The Balaban J connectivity index is 1.63. The first kappa shape index (κ1) is 20.5. The van der Waals surface area contributed by atoms with Crippen molar-refractivity contribution in [3.63, 3.8) is 0 Å². The lowest BCUT2D eigenvalue weighted by atomic mass is 10.0. The first-order valence-electron chi connectivity index (χ1n) is 10.1. The molecular weight excluding hydrogens is 388 g/mol. The van der Waals surface area contributed by atoms with E-state index in [9.17, 15) is 13.6 Å². The highest BCUT2D eigenvalue weighted by molar-refractivity contribution is 5.93. The number of fused-ring (bicyclic) bond motifs is 1. The number of amides is 1. The summed E-state index contributed by atoms with van der Waals surface area (Å²) in [6.45, 7) is 4.76. The maximum atomic E-state index is 14.0. The fourth-order valence-electron chi connectivity index (χ4n) is 4.31. The third-order valence-electron chi connectivity index (χ3n) is 5.97. The molecule has 1 aromatic heterocycles. The van der Waals surface area contributed by atoms with Crippen molar-refractivity contribution in [2.75, 3.05) is 19.6 Å². The van der Waals surface area contributed by atoms with Gasteiger partial charge in [-0.05, 0) is 61.2 Å². The second-order valence-electron chi connectivity index (χ2n) is 7.88. The van der Waals surface area contributed by atoms with E-state index in [0.29, 0.717) is 24.9 Å². The van der Waals surface area contributed by atoms with Gasteiger partial charge in [0.05, 0.1) is 0 Å². The Labute approximate surface area is 173 Å². The number of carbonyl (C=O) groups is 1. The Hall–Kier alpha value is -2.77. The van der Waals surface area contributed by atoms with E-state index in [1.165, 1.54) is 6.07 Å². The number of aromatic nitrogens is 1. The summed E-state index contributed by atoms with van der Waals surface area (Å²) in [6, 6.07) is 11.8. The number of nitrogens with one attached hydrogen (secondary N) is 1. The van der Waals surface area contributed by atoms with Gasteiger partial charge < -0.3 is 4.57 Å². The minimum atomic E-state index is -0.743. The van der Waals surface area contributed by atoms with Crippen LogP contribution < -0.4 is 5.48 Å². The Kier molecular flexibility index (Phi) is 5.83. The van der Waals surface area contributed by atoms with E-state index >= 15 is 0 Å². The molecule has 2 aromatic carbocycles. The van der Waals surface area contributed by atoms with Gasteiger partial charge in [0, 0.05) is 48.3 Å². The normalized spacial score (nSPS) is 17.0.